The number of methoxy groups -OCH3 is 1. The third-order valence-corrected chi connectivity index (χ3v) is 7.44. The lowest BCUT2D eigenvalue weighted by Gasteiger charge is -2.35. The SMILES string of the molecule is COc1ccc2cc([C@]3(C)NC(=O)N(CC(=O)N(c4ccccc4)C4CCCCC4)C3=O)ccc2c1. The average molecular weight is 486 g/mol. The van der Waals surface area contributed by atoms with Crippen LogP contribution >= 0.6 is 0 Å². The fraction of sp³-hybridized carbons (Fsp3) is 0.345. The van der Waals surface area contributed by atoms with Crippen molar-refractivity contribution in [3.63, 3.8) is 0 Å². The van der Waals surface area contributed by atoms with Gasteiger partial charge in [0.25, 0.3) is 5.91 Å². The molecule has 1 heterocycles. The van der Waals surface area contributed by atoms with Crippen LogP contribution in [0.4, 0.5) is 10.5 Å². The normalized spacial score (nSPS) is 20.4. The van der Waals surface area contributed by atoms with Crippen molar-refractivity contribution < 1.29 is 19.1 Å². The van der Waals surface area contributed by atoms with Crippen LogP contribution in [-0.2, 0) is 15.1 Å². The molecule has 0 radical (unpaired) electrons. The number of carbonyl (C=O) groups excluding carboxylic acids is 3. The standard InChI is InChI=1S/C29H31N3O4/c1-29(22-15-13-21-18-25(36-2)16-14-20(21)17-22)27(34)31(28(35)30-29)19-26(33)32(23-9-5-3-6-10-23)24-11-7-4-8-12-24/h3,5-6,9-10,13-18,24H,4,7-8,11-12,19H2,1-2H3,(H,30,35)/t29-/m0/s1. The molecule has 0 bridgehead atoms. The van der Waals surface area contributed by atoms with E-state index in [0.717, 1.165) is 59.2 Å². The van der Waals surface area contributed by atoms with Gasteiger partial charge in [-0.05, 0) is 66.4 Å². The summed E-state index contributed by atoms with van der Waals surface area (Å²) in [5, 5.41) is 4.74. The predicted octanol–water partition coefficient (Wildman–Crippen LogP) is 4.98. The molecule has 1 N–H and O–H groups in total. The third kappa shape index (κ3) is 4.30. The smallest absolute Gasteiger partial charge is 0.325 e. The van der Waals surface area contributed by atoms with Crippen LogP contribution in [0.1, 0.15) is 44.6 Å². The maximum Gasteiger partial charge on any atom is 0.325 e. The van der Waals surface area contributed by atoms with E-state index in [2.05, 4.69) is 5.32 Å². The minimum Gasteiger partial charge on any atom is -0.497 e. The number of ether oxygens (including phenoxy) is 1. The zero-order chi connectivity index (χ0) is 25.3. The predicted molar refractivity (Wildman–Crippen MR) is 139 cm³/mol. The summed E-state index contributed by atoms with van der Waals surface area (Å²) in [6.07, 6.45) is 5.13. The minimum absolute atomic E-state index is 0.0679. The van der Waals surface area contributed by atoms with Gasteiger partial charge in [0, 0.05) is 11.7 Å². The highest BCUT2D eigenvalue weighted by Crippen LogP contribution is 2.33. The summed E-state index contributed by atoms with van der Waals surface area (Å²) in [5.41, 5.74) is 0.211. The summed E-state index contributed by atoms with van der Waals surface area (Å²) >= 11 is 0. The summed E-state index contributed by atoms with van der Waals surface area (Å²) in [7, 11) is 1.62. The van der Waals surface area contributed by atoms with E-state index in [0.29, 0.717) is 5.56 Å². The molecule has 2 aliphatic rings. The van der Waals surface area contributed by atoms with Crippen molar-refractivity contribution in [1.29, 1.82) is 0 Å². The topological polar surface area (TPSA) is 79.0 Å². The van der Waals surface area contributed by atoms with E-state index in [1.54, 1.807) is 18.9 Å². The van der Waals surface area contributed by atoms with Gasteiger partial charge in [0.2, 0.25) is 5.91 Å². The van der Waals surface area contributed by atoms with E-state index in [-0.39, 0.29) is 18.5 Å². The second-order valence-electron chi connectivity index (χ2n) is 9.77. The summed E-state index contributed by atoms with van der Waals surface area (Å²) < 4.78 is 5.30. The first kappa shape index (κ1) is 23.9. The molecule has 3 aromatic rings. The lowest BCUT2D eigenvalue weighted by molar-refractivity contribution is -0.134. The highest BCUT2D eigenvalue weighted by atomic mass is 16.5. The van der Waals surface area contributed by atoms with E-state index < -0.39 is 17.5 Å². The molecule has 3 aromatic carbocycles. The Kier molecular flexibility index (Phi) is 6.39. The quantitative estimate of drug-likeness (QED) is 0.500. The number of para-hydroxylation sites is 1. The Morgan fingerprint density at radius 3 is 2.42 bits per heavy atom. The van der Waals surface area contributed by atoms with Crippen molar-refractivity contribution in [3.8, 4) is 5.75 Å². The van der Waals surface area contributed by atoms with Crippen LogP contribution in [-0.4, -0.2) is 42.4 Å². The van der Waals surface area contributed by atoms with Gasteiger partial charge in [-0.3, -0.25) is 14.5 Å². The second-order valence-corrected chi connectivity index (χ2v) is 9.77. The number of anilines is 1. The van der Waals surface area contributed by atoms with Gasteiger partial charge in [0.1, 0.15) is 17.8 Å². The second kappa shape index (κ2) is 9.64. The number of nitrogens with one attached hydrogen (secondary N) is 1. The summed E-state index contributed by atoms with van der Waals surface area (Å²) in [6, 6.07) is 20.4. The number of carbonyl (C=O) groups is 3. The average Bonchev–Trinajstić information content (AvgIpc) is 3.13. The highest BCUT2D eigenvalue weighted by Gasteiger charge is 2.50. The molecule has 36 heavy (non-hydrogen) atoms. The van der Waals surface area contributed by atoms with Gasteiger partial charge in [-0.25, -0.2) is 4.79 Å². The third-order valence-electron chi connectivity index (χ3n) is 7.44. The Hall–Kier alpha value is -3.87. The molecule has 4 amide bonds. The molecule has 0 aromatic heterocycles. The molecule has 1 saturated carbocycles. The number of rotatable bonds is 6. The van der Waals surface area contributed by atoms with Crippen molar-refractivity contribution in [3.05, 3.63) is 72.3 Å². The molecule has 2 fully saturated rings. The fourth-order valence-corrected chi connectivity index (χ4v) is 5.40. The van der Waals surface area contributed by atoms with E-state index in [1.807, 2.05) is 66.7 Å². The van der Waals surface area contributed by atoms with E-state index in [4.69, 9.17) is 4.74 Å². The number of hydrogen-bond acceptors (Lipinski definition) is 4. The minimum atomic E-state index is -1.26. The maximum atomic E-state index is 13.6. The Bertz CT molecular complexity index is 1300. The largest absolute Gasteiger partial charge is 0.497 e. The summed E-state index contributed by atoms with van der Waals surface area (Å²) in [4.78, 5) is 43.1. The zero-order valence-electron chi connectivity index (χ0n) is 20.7. The first-order valence-electron chi connectivity index (χ1n) is 12.5. The van der Waals surface area contributed by atoms with Gasteiger partial charge in [-0.2, -0.15) is 0 Å². The van der Waals surface area contributed by atoms with Crippen LogP contribution in [0.3, 0.4) is 0 Å². The molecular weight excluding hydrogens is 454 g/mol. The van der Waals surface area contributed by atoms with Gasteiger partial charge < -0.3 is 15.0 Å². The van der Waals surface area contributed by atoms with Gasteiger partial charge >= 0.3 is 6.03 Å². The number of fused-ring (bicyclic) bond motifs is 1. The van der Waals surface area contributed by atoms with E-state index >= 15 is 0 Å². The van der Waals surface area contributed by atoms with Crippen LogP contribution in [0.25, 0.3) is 10.8 Å². The highest BCUT2D eigenvalue weighted by molar-refractivity contribution is 6.11. The van der Waals surface area contributed by atoms with Gasteiger partial charge in [0.15, 0.2) is 0 Å². The number of urea groups is 1. The Morgan fingerprint density at radius 1 is 1.00 bits per heavy atom. The molecule has 1 atom stereocenters. The molecular formula is C29H31N3O4. The number of amides is 4. The first-order chi connectivity index (χ1) is 17.4. The molecule has 186 valence electrons. The summed E-state index contributed by atoms with van der Waals surface area (Å²) in [5.74, 6) is 0.0779. The lowest BCUT2D eigenvalue weighted by Crippen LogP contribution is -2.48. The van der Waals surface area contributed by atoms with Crippen LogP contribution in [0.2, 0.25) is 0 Å². The van der Waals surface area contributed by atoms with E-state index in [9.17, 15) is 14.4 Å². The Morgan fingerprint density at radius 2 is 1.69 bits per heavy atom. The van der Waals surface area contributed by atoms with Crippen LogP contribution in [0.15, 0.2) is 66.7 Å². The summed E-state index contributed by atoms with van der Waals surface area (Å²) in [6.45, 7) is 1.40. The molecule has 7 heteroatoms. The van der Waals surface area contributed by atoms with Gasteiger partial charge in [-0.1, -0.05) is 55.7 Å². The van der Waals surface area contributed by atoms with Gasteiger partial charge in [0.05, 0.1) is 7.11 Å². The molecule has 5 rings (SSSR count). The van der Waals surface area contributed by atoms with E-state index in [1.165, 1.54) is 0 Å². The fourth-order valence-electron chi connectivity index (χ4n) is 5.40. The molecule has 0 spiro atoms. The monoisotopic (exact) mass is 485 g/mol. The lowest BCUT2D eigenvalue weighted by atomic mass is 9.90. The van der Waals surface area contributed by atoms with Crippen molar-refractivity contribution >= 4 is 34.3 Å². The zero-order valence-corrected chi connectivity index (χ0v) is 20.7. The van der Waals surface area contributed by atoms with Crippen LogP contribution in [0.5, 0.6) is 5.75 Å². The molecule has 1 aliphatic carbocycles. The van der Waals surface area contributed by atoms with Gasteiger partial charge in [-0.15, -0.1) is 0 Å². The van der Waals surface area contributed by atoms with Crippen LogP contribution in [0, 0.1) is 0 Å². The van der Waals surface area contributed by atoms with Crippen molar-refractivity contribution in [2.45, 2.75) is 50.6 Å². The number of imide groups is 1. The molecule has 1 aliphatic heterocycles. The Labute approximate surface area is 211 Å². The first-order valence-corrected chi connectivity index (χ1v) is 12.5. The molecule has 1 saturated heterocycles. The number of benzene rings is 3. The van der Waals surface area contributed by atoms with Crippen molar-refractivity contribution in [2.24, 2.45) is 0 Å². The van der Waals surface area contributed by atoms with Crippen molar-refractivity contribution in [1.82, 2.24) is 10.2 Å². The Balaban J connectivity index is 1.40. The maximum absolute atomic E-state index is 13.6. The van der Waals surface area contributed by atoms with Crippen LogP contribution < -0.4 is 15.0 Å². The number of nitrogens with zero attached hydrogens (tertiary/aromatic N) is 2. The molecule has 0 unspecified atom stereocenters. The van der Waals surface area contributed by atoms with Crippen molar-refractivity contribution in [2.75, 3.05) is 18.6 Å². The number of hydrogen-bond donors (Lipinski definition) is 1. The molecule has 7 nitrogen and oxygen atoms in total.